The Morgan fingerprint density at radius 3 is 2.52 bits per heavy atom. The molecule has 0 aliphatic carbocycles. The molecule has 0 bridgehead atoms. The molecule has 0 spiro atoms. The van der Waals surface area contributed by atoms with Crippen LogP contribution in [0, 0.1) is 0 Å². The highest BCUT2D eigenvalue weighted by Gasteiger charge is 2.11. The van der Waals surface area contributed by atoms with E-state index < -0.39 is 0 Å². The van der Waals surface area contributed by atoms with Crippen molar-refractivity contribution in [1.82, 2.24) is 5.32 Å². The first-order valence-electron chi connectivity index (χ1n) is 7.96. The van der Waals surface area contributed by atoms with E-state index in [0.717, 1.165) is 29.2 Å². The van der Waals surface area contributed by atoms with Gasteiger partial charge in [-0.2, -0.15) is 0 Å². The molecule has 0 atom stereocenters. The zero-order valence-corrected chi connectivity index (χ0v) is 13.9. The first-order valence-corrected chi connectivity index (χ1v) is 7.96. The SMILES string of the molecule is CCOc1cccc(CNCCOC)c1OCc1ccccc1. The third kappa shape index (κ3) is 5.58. The van der Waals surface area contributed by atoms with Crippen LogP contribution in [0.4, 0.5) is 0 Å². The van der Waals surface area contributed by atoms with Crippen LogP contribution in [0.5, 0.6) is 11.5 Å². The summed E-state index contributed by atoms with van der Waals surface area (Å²) in [5.74, 6) is 1.59. The predicted octanol–water partition coefficient (Wildman–Crippen LogP) is 3.40. The molecule has 0 aromatic heterocycles. The molecule has 0 aliphatic heterocycles. The number of methoxy groups -OCH3 is 1. The third-order valence-electron chi connectivity index (χ3n) is 3.38. The van der Waals surface area contributed by atoms with Crippen LogP contribution >= 0.6 is 0 Å². The highest BCUT2D eigenvalue weighted by atomic mass is 16.5. The summed E-state index contributed by atoms with van der Waals surface area (Å²) in [6, 6.07) is 16.1. The third-order valence-corrected chi connectivity index (χ3v) is 3.38. The Hall–Kier alpha value is -2.04. The fourth-order valence-corrected chi connectivity index (χ4v) is 2.26. The first-order chi connectivity index (χ1) is 11.3. The molecule has 23 heavy (non-hydrogen) atoms. The van der Waals surface area contributed by atoms with E-state index in [9.17, 15) is 0 Å². The van der Waals surface area contributed by atoms with Gasteiger partial charge in [0.25, 0.3) is 0 Å². The van der Waals surface area contributed by atoms with Gasteiger partial charge in [-0.05, 0) is 18.6 Å². The lowest BCUT2D eigenvalue weighted by Crippen LogP contribution is -2.19. The van der Waals surface area contributed by atoms with Gasteiger partial charge in [0.2, 0.25) is 0 Å². The normalized spacial score (nSPS) is 10.5. The summed E-state index contributed by atoms with van der Waals surface area (Å²) in [7, 11) is 1.70. The van der Waals surface area contributed by atoms with Crippen molar-refractivity contribution >= 4 is 0 Å². The molecule has 4 nitrogen and oxygen atoms in total. The van der Waals surface area contributed by atoms with Gasteiger partial charge in [-0.15, -0.1) is 0 Å². The highest BCUT2D eigenvalue weighted by molar-refractivity contribution is 5.46. The van der Waals surface area contributed by atoms with Crippen molar-refractivity contribution in [2.75, 3.05) is 26.9 Å². The molecule has 0 radical (unpaired) electrons. The Bertz CT molecular complexity index is 572. The van der Waals surface area contributed by atoms with Gasteiger partial charge in [-0.1, -0.05) is 42.5 Å². The van der Waals surface area contributed by atoms with Crippen molar-refractivity contribution < 1.29 is 14.2 Å². The molecule has 2 aromatic carbocycles. The van der Waals surface area contributed by atoms with Crippen molar-refractivity contribution in [2.24, 2.45) is 0 Å². The molecular weight excluding hydrogens is 290 g/mol. The quantitative estimate of drug-likeness (QED) is 0.682. The Kier molecular flexibility index (Phi) is 7.43. The van der Waals surface area contributed by atoms with E-state index >= 15 is 0 Å². The van der Waals surface area contributed by atoms with Crippen molar-refractivity contribution in [3.8, 4) is 11.5 Å². The summed E-state index contributed by atoms with van der Waals surface area (Å²) in [5, 5.41) is 3.35. The summed E-state index contributed by atoms with van der Waals surface area (Å²) in [4.78, 5) is 0. The Balaban J connectivity index is 2.08. The molecule has 0 saturated carbocycles. The van der Waals surface area contributed by atoms with Crippen LogP contribution < -0.4 is 14.8 Å². The summed E-state index contributed by atoms with van der Waals surface area (Å²) in [5.41, 5.74) is 2.22. The summed E-state index contributed by atoms with van der Waals surface area (Å²) < 4.78 is 16.8. The minimum atomic E-state index is 0.524. The van der Waals surface area contributed by atoms with E-state index in [1.54, 1.807) is 7.11 Å². The van der Waals surface area contributed by atoms with Gasteiger partial charge in [-0.25, -0.2) is 0 Å². The number of rotatable bonds is 10. The number of hydrogen-bond donors (Lipinski definition) is 1. The van der Waals surface area contributed by atoms with E-state index in [4.69, 9.17) is 14.2 Å². The molecule has 124 valence electrons. The lowest BCUT2D eigenvalue weighted by Gasteiger charge is -2.16. The van der Waals surface area contributed by atoms with Gasteiger partial charge in [0.05, 0.1) is 13.2 Å². The van der Waals surface area contributed by atoms with Gasteiger partial charge >= 0.3 is 0 Å². The Labute approximate surface area is 138 Å². The zero-order valence-electron chi connectivity index (χ0n) is 13.9. The van der Waals surface area contributed by atoms with Crippen LogP contribution in [-0.4, -0.2) is 26.9 Å². The number of benzene rings is 2. The summed E-state index contributed by atoms with van der Waals surface area (Å²) >= 11 is 0. The Morgan fingerprint density at radius 2 is 1.78 bits per heavy atom. The topological polar surface area (TPSA) is 39.7 Å². The molecule has 4 heteroatoms. The van der Waals surface area contributed by atoms with Gasteiger partial charge in [0.1, 0.15) is 6.61 Å². The van der Waals surface area contributed by atoms with Crippen LogP contribution in [0.2, 0.25) is 0 Å². The maximum Gasteiger partial charge on any atom is 0.166 e. The average molecular weight is 315 g/mol. The number of ether oxygens (including phenoxy) is 3. The average Bonchev–Trinajstić information content (AvgIpc) is 2.59. The number of hydrogen-bond acceptors (Lipinski definition) is 4. The maximum atomic E-state index is 6.07. The molecule has 0 fully saturated rings. The van der Waals surface area contributed by atoms with Gasteiger partial charge < -0.3 is 19.5 Å². The fraction of sp³-hybridized carbons (Fsp3) is 0.368. The lowest BCUT2D eigenvalue weighted by molar-refractivity contribution is 0.199. The monoisotopic (exact) mass is 315 g/mol. The smallest absolute Gasteiger partial charge is 0.166 e. The van der Waals surface area contributed by atoms with Crippen LogP contribution in [0.25, 0.3) is 0 Å². The molecule has 1 N–H and O–H groups in total. The second-order valence-electron chi connectivity index (χ2n) is 5.12. The predicted molar refractivity (Wildman–Crippen MR) is 92.0 cm³/mol. The second-order valence-corrected chi connectivity index (χ2v) is 5.12. The minimum Gasteiger partial charge on any atom is -0.490 e. The molecule has 0 saturated heterocycles. The van der Waals surface area contributed by atoms with Crippen LogP contribution in [-0.2, 0) is 17.9 Å². The number of nitrogens with one attached hydrogen (secondary N) is 1. The van der Waals surface area contributed by atoms with Gasteiger partial charge in [0.15, 0.2) is 11.5 Å². The summed E-state index contributed by atoms with van der Waals surface area (Å²) in [6.45, 7) is 5.32. The highest BCUT2D eigenvalue weighted by Crippen LogP contribution is 2.32. The van der Waals surface area contributed by atoms with E-state index in [0.29, 0.717) is 26.4 Å². The Morgan fingerprint density at radius 1 is 0.957 bits per heavy atom. The molecule has 2 rings (SSSR count). The molecule has 2 aromatic rings. The molecule has 0 unspecified atom stereocenters. The maximum absolute atomic E-state index is 6.07. The van der Waals surface area contributed by atoms with Crippen molar-refractivity contribution in [1.29, 1.82) is 0 Å². The minimum absolute atomic E-state index is 0.524. The van der Waals surface area contributed by atoms with Crippen LogP contribution in [0.15, 0.2) is 48.5 Å². The molecule has 0 amide bonds. The largest absolute Gasteiger partial charge is 0.490 e. The van der Waals surface area contributed by atoms with Crippen molar-refractivity contribution in [2.45, 2.75) is 20.1 Å². The van der Waals surface area contributed by atoms with Gasteiger partial charge in [-0.3, -0.25) is 0 Å². The van der Waals surface area contributed by atoms with E-state index in [-0.39, 0.29) is 0 Å². The van der Waals surface area contributed by atoms with Crippen LogP contribution in [0.1, 0.15) is 18.1 Å². The molecular formula is C19H25NO3. The zero-order chi connectivity index (χ0) is 16.3. The van der Waals surface area contributed by atoms with Crippen LogP contribution in [0.3, 0.4) is 0 Å². The van der Waals surface area contributed by atoms with Gasteiger partial charge in [0, 0.05) is 25.8 Å². The van der Waals surface area contributed by atoms with E-state index in [1.807, 2.05) is 37.3 Å². The van der Waals surface area contributed by atoms with Crippen molar-refractivity contribution in [3.05, 3.63) is 59.7 Å². The molecule has 0 heterocycles. The van der Waals surface area contributed by atoms with E-state index in [2.05, 4.69) is 23.5 Å². The second kappa shape index (κ2) is 9.87. The van der Waals surface area contributed by atoms with E-state index in [1.165, 1.54) is 0 Å². The molecule has 0 aliphatic rings. The summed E-state index contributed by atoms with van der Waals surface area (Å²) in [6.07, 6.45) is 0. The standard InChI is InChI=1S/C19H25NO3/c1-3-22-18-11-7-10-17(14-20-12-13-21-2)19(18)23-15-16-8-5-4-6-9-16/h4-11,20H,3,12-15H2,1-2H3. The lowest BCUT2D eigenvalue weighted by atomic mass is 10.1. The van der Waals surface area contributed by atoms with Crippen molar-refractivity contribution in [3.63, 3.8) is 0 Å². The fourth-order valence-electron chi connectivity index (χ4n) is 2.26. The first kappa shape index (κ1) is 17.3. The number of para-hydroxylation sites is 1.